The number of hydrogen-bond donors (Lipinski definition) is 2. The van der Waals surface area contributed by atoms with E-state index in [4.69, 9.17) is 12.2 Å². The van der Waals surface area contributed by atoms with Crippen LogP contribution in [0.2, 0.25) is 0 Å². The van der Waals surface area contributed by atoms with Gasteiger partial charge in [0.05, 0.1) is 12.6 Å². The predicted molar refractivity (Wildman–Crippen MR) is 63.5 cm³/mol. The summed E-state index contributed by atoms with van der Waals surface area (Å²) in [5, 5.41) is 13.6. The second-order valence-electron chi connectivity index (χ2n) is 3.75. The first-order valence-corrected chi connectivity index (χ1v) is 5.54. The fourth-order valence-corrected chi connectivity index (χ4v) is 1.95. The number of halogens is 1. The Labute approximate surface area is 98.9 Å². The van der Waals surface area contributed by atoms with Gasteiger partial charge in [-0.15, -0.1) is 0 Å². The van der Waals surface area contributed by atoms with Crippen molar-refractivity contribution in [3.63, 3.8) is 0 Å². The van der Waals surface area contributed by atoms with Gasteiger partial charge in [0.2, 0.25) is 0 Å². The van der Waals surface area contributed by atoms with Crippen LogP contribution in [-0.2, 0) is 0 Å². The summed E-state index contributed by atoms with van der Waals surface area (Å²) in [4.78, 5) is 1.91. The van der Waals surface area contributed by atoms with E-state index in [-0.39, 0.29) is 5.82 Å². The Bertz CT molecular complexity index is 382. The number of benzene rings is 1. The normalized spacial score (nSPS) is 17.4. The summed E-state index contributed by atoms with van der Waals surface area (Å²) in [7, 11) is 0. The van der Waals surface area contributed by atoms with Crippen LogP contribution in [0, 0.1) is 5.82 Å². The number of nitrogens with one attached hydrogen (secondary N) is 1. The fraction of sp³-hybridized carbons (Fsp3) is 0.364. The molecule has 1 aliphatic rings. The summed E-state index contributed by atoms with van der Waals surface area (Å²) in [6, 6.07) is 5.87. The summed E-state index contributed by atoms with van der Waals surface area (Å²) in [5.41, 5.74) is 0.705. The third kappa shape index (κ3) is 2.48. The van der Waals surface area contributed by atoms with Gasteiger partial charge in [0.15, 0.2) is 5.11 Å². The lowest BCUT2D eigenvalue weighted by molar-refractivity contribution is 0.148. The van der Waals surface area contributed by atoms with Crippen molar-refractivity contribution < 1.29 is 9.50 Å². The van der Waals surface area contributed by atoms with E-state index in [2.05, 4.69) is 5.32 Å². The molecule has 1 saturated heterocycles. The second-order valence-corrected chi connectivity index (χ2v) is 4.13. The molecule has 5 heteroatoms. The molecule has 0 radical (unpaired) electrons. The number of hydrogen-bond acceptors (Lipinski definition) is 2. The molecule has 86 valence electrons. The topological polar surface area (TPSA) is 35.5 Å². The van der Waals surface area contributed by atoms with E-state index < -0.39 is 6.10 Å². The molecule has 1 aromatic carbocycles. The second kappa shape index (κ2) is 4.76. The Kier molecular flexibility index (Phi) is 3.36. The number of thiocarbonyl (C=S) groups is 1. The van der Waals surface area contributed by atoms with Gasteiger partial charge in [-0.3, -0.25) is 0 Å². The van der Waals surface area contributed by atoms with Crippen molar-refractivity contribution in [1.29, 1.82) is 0 Å². The van der Waals surface area contributed by atoms with Gasteiger partial charge < -0.3 is 15.3 Å². The Morgan fingerprint density at radius 3 is 2.69 bits per heavy atom. The highest BCUT2D eigenvalue weighted by atomic mass is 32.1. The lowest BCUT2D eigenvalue weighted by atomic mass is 10.1. The van der Waals surface area contributed by atoms with Crippen molar-refractivity contribution >= 4 is 17.3 Å². The minimum Gasteiger partial charge on any atom is -0.387 e. The standard InChI is InChI=1S/C11H13FN2OS/c12-9-3-1-8(2-4-9)10(15)7-14-6-5-13-11(14)16/h1-4,10,15H,5-7H2,(H,13,16). The average molecular weight is 240 g/mol. The highest BCUT2D eigenvalue weighted by Crippen LogP contribution is 2.15. The first-order chi connectivity index (χ1) is 7.66. The first-order valence-electron chi connectivity index (χ1n) is 5.13. The molecule has 3 nitrogen and oxygen atoms in total. The Balaban J connectivity index is 1.99. The molecule has 0 spiro atoms. The maximum Gasteiger partial charge on any atom is 0.169 e. The molecule has 2 rings (SSSR count). The molecule has 0 amide bonds. The van der Waals surface area contributed by atoms with Crippen molar-refractivity contribution in [3.05, 3.63) is 35.6 Å². The highest BCUT2D eigenvalue weighted by Gasteiger charge is 2.19. The summed E-state index contributed by atoms with van der Waals surface area (Å²) in [6.45, 7) is 2.06. The first kappa shape index (κ1) is 11.3. The van der Waals surface area contributed by atoms with Crippen molar-refractivity contribution in [1.82, 2.24) is 10.2 Å². The largest absolute Gasteiger partial charge is 0.387 e. The van der Waals surface area contributed by atoms with Crippen LogP contribution in [0.25, 0.3) is 0 Å². The summed E-state index contributed by atoms with van der Waals surface area (Å²) in [6.07, 6.45) is -0.640. The lowest BCUT2D eigenvalue weighted by Crippen LogP contribution is -2.31. The van der Waals surface area contributed by atoms with E-state index in [0.717, 1.165) is 13.1 Å². The van der Waals surface area contributed by atoms with Crippen LogP contribution in [0.1, 0.15) is 11.7 Å². The number of aliphatic hydroxyl groups is 1. The molecule has 2 N–H and O–H groups in total. The van der Waals surface area contributed by atoms with Gasteiger partial charge >= 0.3 is 0 Å². The molecule has 0 bridgehead atoms. The molecule has 0 saturated carbocycles. The zero-order valence-corrected chi connectivity index (χ0v) is 9.51. The van der Waals surface area contributed by atoms with Gasteiger partial charge in [-0.25, -0.2) is 4.39 Å². The number of β-amino-alcohol motifs (C(OH)–C–C–N with tert-alkyl or cyclic N) is 1. The van der Waals surface area contributed by atoms with E-state index in [0.29, 0.717) is 17.2 Å². The van der Waals surface area contributed by atoms with E-state index in [1.165, 1.54) is 12.1 Å². The predicted octanol–water partition coefficient (Wildman–Crippen LogP) is 1.05. The van der Waals surface area contributed by atoms with Crippen molar-refractivity contribution in [2.75, 3.05) is 19.6 Å². The summed E-state index contributed by atoms with van der Waals surface area (Å²) >= 11 is 5.07. The van der Waals surface area contributed by atoms with Gasteiger partial charge in [-0.1, -0.05) is 12.1 Å². The van der Waals surface area contributed by atoms with Gasteiger partial charge in [0, 0.05) is 13.1 Å². The van der Waals surface area contributed by atoms with Gasteiger partial charge in [-0.2, -0.15) is 0 Å². The number of aliphatic hydroxyl groups excluding tert-OH is 1. The quantitative estimate of drug-likeness (QED) is 0.774. The van der Waals surface area contributed by atoms with Crippen molar-refractivity contribution in [3.8, 4) is 0 Å². The molecule has 1 fully saturated rings. The summed E-state index contributed by atoms with van der Waals surface area (Å²) < 4.78 is 12.7. The van der Waals surface area contributed by atoms with E-state index in [1.807, 2.05) is 4.90 Å². The number of rotatable bonds is 3. The highest BCUT2D eigenvalue weighted by molar-refractivity contribution is 7.80. The lowest BCUT2D eigenvalue weighted by Gasteiger charge is -2.20. The van der Waals surface area contributed by atoms with Crippen LogP contribution in [0.15, 0.2) is 24.3 Å². The fourth-order valence-electron chi connectivity index (χ4n) is 1.68. The Hall–Kier alpha value is -1.20. The van der Waals surface area contributed by atoms with Crippen LogP contribution in [-0.4, -0.2) is 34.8 Å². The van der Waals surface area contributed by atoms with E-state index >= 15 is 0 Å². The smallest absolute Gasteiger partial charge is 0.169 e. The third-order valence-corrected chi connectivity index (χ3v) is 3.00. The molecule has 1 atom stereocenters. The number of nitrogens with zero attached hydrogens (tertiary/aromatic N) is 1. The molecule has 1 heterocycles. The average Bonchev–Trinajstić information content (AvgIpc) is 2.65. The maximum absolute atomic E-state index is 12.7. The van der Waals surface area contributed by atoms with Gasteiger partial charge in [0.1, 0.15) is 5.82 Å². The van der Waals surface area contributed by atoms with Crippen molar-refractivity contribution in [2.24, 2.45) is 0 Å². The van der Waals surface area contributed by atoms with Gasteiger partial charge in [0.25, 0.3) is 0 Å². The molecule has 1 aromatic rings. The minimum atomic E-state index is -0.640. The van der Waals surface area contributed by atoms with Crippen LogP contribution in [0.5, 0.6) is 0 Å². The third-order valence-electron chi connectivity index (χ3n) is 2.59. The maximum atomic E-state index is 12.7. The molecule has 0 aliphatic carbocycles. The molecule has 1 aliphatic heterocycles. The van der Waals surface area contributed by atoms with Crippen LogP contribution in [0.4, 0.5) is 4.39 Å². The van der Waals surface area contributed by atoms with Crippen LogP contribution < -0.4 is 5.32 Å². The van der Waals surface area contributed by atoms with Crippen LogP contribution in [0.3, 0.4) is 0 Å². The molecule has 16 heavy (non-hydrogen) atoms. The Morgan fingerprint density at radius 2 is 2.12 bits per heavy atom. The van der Waals surface area contributed by atoms with E-state index in [9.17, 15) is 9.50 Å². The molecule has 0 aromatic heterocycles. The zero-order chi connectivity index (χ0) is 11.5. The van der Waals surface area contributed by atoms with Crippen molar-refractivity contribution in [2.45, 2.75) is 6.10 Å². The molecular formula is C11H13FN2OS. The molecule has 1 unspecified atom stereocenters. The van der Waals surface area contributed by atoms with E-state index in [1.54, 1.807) is 12.1 Å². The minimum absolute atomic E-state index is 0.297. The monoisotopic (exact) mass is 240 g/mol. The van der Waals surface area contributed by atoms with Gasteiger partial charge in [-0.05, 0) is 29.9 Å². The van der Waals surface area contributed by atoms with Crippen LogP contribution >= 0.6 is 12.2 Å². The summed E-state index contributed by atoms with van der Waals surface area (Å²) in [5.74, 6) is -0.297. The Morgan fingerprint density at radius 1 is 1.44 bits per heavy atom. The molecular weight excluding hydrogens is 227 g/mol. The zero-order valence-electron chi connectivity index (χ0n) is 8.69. The SMILES string of the molecule is OC(CN1CCNC1=S)c1ccc(F)cc1.